The van der Waals surface area contributed by atoms with Crippen molar-refractivity contribution in [3.05, 3.63) is 0 Å². The molecule has 0 radical (unpaired) electrons. The molecule has 112 valence electrons. The van der Waals surface area contributed by atoms with E-state index in [4.69, 9.17) is 5.73 Å². The van der Waals surface area contributed by atoms with Crippen LogP contribution in [0.5, 0.6) is 0 Å². The molecule has 19 heavy (non-hydrogen) atoms. The van der Waals surface area contributed by atoms with Crippen LogP contribution < -0.4 is 11.1 Å². The van der Waals surface area contributed by atoms with Gasteiger partial charge in [0.15, 0.2) is 0 Å². The largest absolute Gasteiger partial charge is 0.355 e. The minimum absolute atomic E-state index is 0.224. The highest BCUT2D eigenvalue weighted by atomic mass is 16.1. The van der Waals surface area contributed by atoms with Gasteiger partial charge in [0.1, 0.15) is 0 Å². The van der Waals surface area contributed by atoms with Crippen LogP contribution in [-0.4, -0.2) is 43.5 Å². The van der Waals surface area contributed by atoms with Crippen LogP contribution in [0.2, 0.25) is 0 Å². The Labute approximate surface area is 118 Å². The zero-order valence-corrected chi connectivity index (χ0v) is 12.7. The van der Waals surface area contributed by atoms with Gasteiger partial charge in [-0.15, -0.1) is 0 Å². The number of carbonyl (C=O) groups is 1. The van der Waals surface area contributed by atoms with Crippen molar-refractivity contribution < 1.29 is 4.79 Å². The van der Waals surface area contributed by atoms with Crippen molar-refractivity contribution in [2.45, 2.75) is 46.0 Å². The van der Waals surface area contributed by atoms with E-state index in [9.17, 15) is 4.79 Å². The van der Waals surface area contributed by atoms with E-state index in [1.54, 1.807) is 0 Å². The van der Waals surface area contributed by atoms with Crippen LogP contribution in [0.4, 0.5) is 0 Å². The molecule has 1 aliphatic rings. The van der Waals surface area contributed by atoms with Crippen molar-refractivity contribution in [1.82, 2.24) is 10.2 Å². The third-order valence-corrected chi connectivity index (χ3v) is 4.35. The zero-order valence-electron chi connectivity index (χ0n) is 12.7. The summed E-state index contributed by atoms with van der Waals surface area (Å²) in [5.41, 5.74) is 5.62. The van der Waals surface area contributed by atoms with Gasteiger partial charge in [-0.25, -0.2) is 0 Å². The molecule has 0 bridgehead atoms. The van der Waals surface area contributed by atoms with E-state index in [-0.39, 0.29) is 11.8 Å². The minimum atomic E-state index is 0.224. The molecule has 0 heterocycles. The average Bonchev–Trinajstić information content (AvgIpc) is 2.44. The monoisotopic (exact) mass is 269 g/mol. The number of nitrogens with two attached hydrogens (primary N) is 1. The van der Waals surface area contributed by atoms with E-state index >= 15 is 0 Å². The third kappa shape index (κ3) is 5.91. The Morgan fingerprint density at radius 3 is 2.68 bits per heavy atom. The summed E-state index contributed by atoms with van der Waals surface area (Å²) >= 11 is 0. The van der Waals surface area contributed by atoms with Gasteiger partial charge in [0, 0.05) is 19.0 Å². The molecule has 2 atom stereocenters. The first-order valence-electron chi connectivity index (χ1n) is 7.91. The van der Waals surface area contributed by atoms with Gasteiger partial charge >= 0.3 is 0 Å². The number of amides is 1. The summed E-state index contributed by atoms with van der Waals surface area (Å²) in [6.07, 6.45) is 5.59. The van der Waals surface area contributed by atoms with Gasteiger partial charge in [0.25, 0.3) is 0 Å². The molecule has 0 aromatic heterocycles. The lowest BCUT2D eigenvalue weighted by Gasteiger charge is -2.28. The molecule has 0 aliphatic heterocycles. The standard InChI is InChI=1S/C15H31N3O/c1-3-18(4-2)11-10-17-15(19)14-7-5-6-13(12-14)8-9-16/h13-14H,3-12,16H2,1-2H3,(H,17,19). The Balaban J connectivity index is 2.24. The molecule has 0 saturated heterocycles. The minimum Gasteiger partial charge on any atom is -0.355 e. The van der Waals surface area contributed by atoms with Gasteiger partial charge < -0.3 is 16.0 Å². The predicted octanol–water partition coefficient (Wildman–Crippen LogP) is 1.60. The summed E-state index contributed by atoms with van der Waals surface area (Å²) in [7, 11) is 0. The van der Waals surface area contributed by atoms with E-state index in [0.29, 0.717) is 5.92 Å². The molecule has 0 aromatic rings. The maximum atomic E-state index is 12.1. The van der Waals surface area contributed by atoms with Gasteiger partial charge in [0.2, 0.25) is 5.91 Å². The van der Waals surface area contributed by atoms with Crippen LogP contribution in [0.1, 0.15) is 46.0 Å². The molecule has 1 saturated carbocycles. The van der Waals surface area contributed by atoms with Crippen molar-refractivity contribution in [2.75, 3.05) is 32.7 Å². The van der Waals surface area contributed by atoms with E-state index in [0.717, 1.165) is 52.0 Å². The molecular formula is C15H31N3O. The molecule has 3 N–H and O–H groups in total. The number of hydrogen-bond donors (Lipinski definition) is 2. The van der Waals surface area contributed by atoms with Crippen LogP contribution in [0.15, 0.2) is 0 Å². The maximum Gasteiger partial charge on any atom is 0.223 e. The topological polar surface area (TPSA) is 58.4 Å². The molecule has 4 nitrogen and oxygen atoms in total. The van der Waals surface area contributed by atoms with Crippen molar-refractivity contribution in [2.24, 2.45) is 17.6 Å². The Kier molecular flexibility index (Phi) is 8.07. The van der Waals surface area contributed by atoms with Crippen LogP contribution in [0.25, 0.3) is 0 Å². The number of nitrogens with one attached hydrogen (secondary N) is 1. The summed E-state index contributed by atoms with van der Waals surface area (Å²) in [4.78, 5) is 14.5. The van der Waals surface area contributed by atoms with Gasteiger partial charge in [0.05, 0.1) is 0 Å². The second kappa shape index (κ2) is 9.32. The maximum absolute atomic E-state index is 12.1. The summed E-state index contributed by atoms with van der Waals surface area (Å²) < 4.78 is 0. The number of rotatable bonds is 8. The number of nitrogens with zero attached hydrogens (tertiary/aromatic N) is 1. The number of likely N-dealkylation sites (N-methyl/N-ethyl adjacent to an activating group) is 1. The molecule has 1 aliphatic carbocycles. The second-order valence-electron chi connectivity index (χ2n) is 5.62. The fourth-order valence-corrected chi connectivity index (χ4v) is 3.05. The van der Waals surface area contributed by atoms with Gasteiger partial charge in [-0.05, 0) is 44.8 Å². The summed E-state index contributed by atoms with van der Waals surface area (Å²) in [5, 5.41) is 3.10. The fraction of sp³-hybridized carbons (Fsp3) is 0.933. The average molecular weight is 269 g/mol. The number of hydrogen-bond acceptors (Lipinski definition) is 3. The molecule has 1 rings (SSSR count). The van der Waals surface area contributed by atoms with Crippen LogP contribution >= 0.6 is 0 Å². The lowest BCUT2D eigenvalue weighted by atomic mass is 9.79. The van der Waals surface area contributed by atoms with E-state index in [1.165, 1.54) is 12.8 Å². The van der Waals surface area contributed by atoms with Gasteiger partial charge in [-0.3, -0.25) is 4.79 Å². The zero-order chi connectivity index (χ0) is 14.1. The number of carbonyl (C=O) groups excluding carboxylic acids is 1. The van der Waals surface area contributed by atoms with Gasteiger partial charge in [-0.2, -0.15) is 0 Å². The van der Waals surface area contributed by atoms with Gasteiger partial charge in [-0.1, -0.05) is 26.7 Å². The molecule has 0 spiro atoms. The molecule has 2 unspecified atom stereocenters. The smallest absolute Gasteiger partial charge is 0.223 e. The summed E-state index contributed by atoms with van der Waals surface area (Å²) in [6.45, 7) is 8.90. The predicted molar refractivity (Wildman–Crippen MR) is 79.9 cm³/mol. The van der Waals surface area contributed by atoms with E-state index in [1.807, 2.05) is 0 Å². The molecule has 0 aromatic carbocycles. The van der Waals surface area contributed by atoms with Crippen molar-refractivity contribution in [3.63, 3.8) is 0 Å². The van der Waals surface area contributed by atoms with Crippen molar-refractivity contribution in [3.8, 4) is 0 Å². The SMILES string of the molecule is CCN(CC)CCNC(=O)C1CCCC(CCN)C1. The first-order chi connectivity index (χ1) is 9.21. The first kappa shape index (κ1) is 16.4. The van der Waals surface area contributed by atoms with Crippen molar-refractivity contribution >= 4 is 5.91 Å². The summed E-state index contributed by atoms with van der Waals surface area (Å²) in [6, 6.07) is 0. The van der Waals surface area contributed by atoms with E-state index < -0.39 is 0 Å². The molecule has 1 fully saturated rings. The molecule has 4 heteroatoms. The Morgan fingerprint density at radius 2 is 2.05 bits per heavy atom. The van der Waals surface area contributed by atoms with Crippen LogP contribution in [0, 0.1) is 11.8 Å². The van der Waals surface area contributed by atoms with Crippen molar-refractivity contribution in [1.29, 1.82) is 0 Å². The quantitative estimate of drug-likeness (QED) is 0.703. The van der Waals surface area contributed by atoms with E-state index in [2.05, 4.69) is 24.1 Å². The Morgan fingerprint density at radius 1 is 1.32 bits per heavy atom. The highest BCUT2D eigenvalue weighted by Crippen LogP contribution is 2.30. The molecular weight excluding hydrogens is 238 g/mol. The third-order valence-electron chi connectivity index (χ3n) is 4.35. The first-order valence-corrected chi connectivity index (χ1v) is 7.91. The fourth-order valence-electron chi connectivity index (χ4n) is 3.05. The lowest BCUT2D eigenvalue weighted by Crippen LogP contribution is -2.39. The second-order valence-corrected chi connectivity index (χ2v) is 5.62. The normalized spacial score (nSPS) is 23.6. The van der Waals surface area contributed by atoms with Crippen LogP contribution in [-0.2, 0) is 4.79 Å². The molecule has 1 amide bonds. The summed E-state index contributed by atoms with van der Waals surface area (Å²) in [5.74, 6) is 1.15. The van der Waals surface area contributed by atoms with Crippen LogP contribution in [0.3, 0.4) is 0 Å². The Bertz CT molecular complexity index is 252. The highest BCUT2D eigenvalue weighted by molar-refractivity contribution is 5.78. The highest BCUT2D eigenvalue weighted by Gasteiger charge is 2.26. The Hall–Kier alpha value is -0.610. The lowest BCUT2D eigenvalue weighted by molar-refractivity contribution is -0.126.